The Bertz CT molecular complexity index is 379. The van der Waals surface area contributed by atoms with Crippen LogP contribution in [-0.2, 0) is 9.53 Å². The van der Waals surface area contributed by atoms with Gasteiger partial charge in [0.05, 0.1) is 5.92 Å². The van der Waals surface area contributed by atoms with E-state index in [9.17, 15) is 4.79 Å². The summed E-state index contributed by atoms with van der Waals surface area (Å²) in [4.78, 5) is 12.6. The summed E-state index contributed by atoms with van der Waals surface area (Å²) in [7, 11) is 1.72. The lowest BCUT2D eigenvalue weighted by atomic mass is 9.81. The molecule has 0 aromatic heterocycles. The van der Waals surface area contributed by atoms with Gasteiger partial charge in [-0.05, 0) is 26.2 Å². The molecule has 2 heteroatoms. The van der Waals surface area contributed by atoms with Gasteiger partial charge in [0.2, 0.25) is 0 Å². The van der Waals surface area contributed by atoms with Gasteiger partial charge in [0, 0.05) is 20.1 Å². The average Bonchev–Trinajstić information content (AvgIpc) is 2.51. The van der Waals surface area contributed by atoms with Crippen molar-refractivity contribution in [3.63, 3.8) is 0 Å². The number of carbonyl (C=O) groups is 1. The minimum absolute atomic E-state index is 0.0315. The molecule has 1 aliphatic carbocycles. The summed E-state index contributed by atoms with van der Waals surface area (Å²) in [5, 5.41) is 0. The lowest BCUT2D eigenvalue weighted by Gasteiger charge is -2.23. The summed E-state index contributed by atoms with van der Waals surface area (Å²) < 4.78 is 5.18. The zero-order valence-electron chi connectivity index (χ0n) is 14.8. The average molecular weight is 306 g/mol. The largest absolute Gasteiger partial charge is 0.384 e. The van der Waals surface area contributed by atoms with Gasteiger partial charge in [0.15, 0.2) is 0 Å². The highest BCUT2D eigenvalue weighted by Gasteiger charge is 2.25. The molecule has 1 rings (SSSR count). The first-order valence-corrected chi connectivity index (χ1v) is 9.08. The topological polar surface area (TPSA) is 26.3 Å². The molecule has 1 unspecified atom stereocenters. The predicted octanol–water partition coefficient (Wildman–Crippen LogP) is 5.63. The molecule has 0 aromatic carbocycles. The zero-order valence-corrected chi connectivity index (χ0v) is 14.8. The van der Waals surface area contributed by atoms with E-state index in [1.54, 1.807) is 7.11 Å². The Hall–Kier alpha value is -0.890. The molecule has 126 valence electrons. The van der Waals surface area contributed by atoms with Crippen LogP contribution in [0.3, 0.4) is 0 Å². The van der Waals surface area contributed by atoms with Crippen LogP contribution in [0.1, 0.15) is 78.1 Å². The van der Waals surface area contributed by atoms with Gasteiger partial charge in [-0.1, -0.05) is 68.7 Å². The van der Waals surface area contributed by atoms with Gasteiger partial charge in [-0.3, -0.25) is 4.79 Å². The molecule has 0 bridgehead atoms. The molecular weight excluding hydrogens is 272 g/mol. The van der Waals surface area contributed by atoms with Crippen LogP contribution in [0.25, 0.3) is 0 Å². The van der Waals surface area contributed by atoms with E-state index in [0.29, 0.717) is 12.4 Å². The lowest BCUT2D eigenvalue weighted by Crippen LogP contribution is -2.21. The summed E-state index contributed by atoms with van der Waals surface area (Å²) in [6.45, 7) is 5.06. The highest BCUT2D eigenvalue weighted by Crippen LogP contribution is 2.30. The third-order valence-corrected chi connectivity index (χ3v) is 4.59. The molecule has 0 radical (unpaired) electrons. The van der Waals surface area contributed by atoms with E-state index < -0.39 is 0 Å². The molecule has 1 aliphatic rings. The molecule has 0 N–H and O–H groups in total. The fourth-order valence-corrected chi connectivity index (χ4v) is 3.25. The van der Waals surface area contributed by atoms with Crippen molar-refractivity contribution < 1.29 is 9.53 Å². The predicted molar refractivity (Wildman–Crippen MR) is 94.1 cm³/mol. The highest BCUT2D eigenvalue weighted by molar-refractivity contribution is 5.86. The van der Waals surface area contributed by atoms with Gasteiger partial charge < -0.3 is 4.74 Å². The summed E-state index contributed by atoms with van der Waals surface area (Å²) in [6, 6.07) is 0. The fraction of sp³-hybridized carbons (Fsp3) is 0.750. The van der Waals surface area contributed by atoms with Crippen molar-refractivity contribution in [2.45, 2.75) is 78.1 Å². The van der Waals surface area contributed by atoms with Crippen molar-refractivity contribution in [3.8, 4) is 0 Å². The normalized spacial score (nSPS) is 18.0. The highest BCUT2D eigenvalue weighted by atomic mass is 16.5. The van der Waals surface area contributed by atoms with Gasteiger partial charge in [-0.25, -0.2) is 0 Å². The van der Waals surface area contributed by atoms with Crippen LogP contribution in [0.4, 0.5) is 0 Å². The molecule has 0 saturated carbocycles. The maximum absolute atomic E-state index is 12.6. The van der Waals surface area contributed by atoms with Crippen LogP contribution in [-0.4, -0.2) is 19.5 Å². The SMILES string of the molecule is CCCCCCCCCC(=O)C1C(C)=CCC=C1CCOC. The molecule has 0 saturated heterocycles. The first-order chi connectivity index (χ1) is 10.7. The number of allylic oxidation sites excluding steroid dienone is 3. The van der Waals surface area contributed by atoms with Crippen molar-refractivity contribution in [1.29, 1.82) is 0 Å². The molecule has 0 aromatic rings. The Kier molecular flexibility index (Phi) is 10.1. The Balaban J connectivity index is 2.33. The van der Waals surface area contributed by atoms with Crippen LogP contribution in [0.5, 0.6) is 0 Å². The van der Waals surface area contributed by atoms with Crippen molar-refractivity contribution in [2.24, 2.45) is 5.92 Å². The fourth-order valence-electron chi connectivity index (χ4n) is 3.25. The molecule has 0 aliphatic heterocycles. The second-order valence-corrected chi connectivity index (χ2v) is 6.48. The zero-order chi connectivity index (χ0) is 16.2. The standard InChI is InChI=1S/C20H34O2/c1-4-5-6-7-8-9-10-14-19(21)20-17(2)12-11-13-18(20)15-16-22-3/h12-13,20H,4-11,14-16H2,1-3H3. The summed E-state index contributed by atoms with van der Waals surface area (Å²) in [6.07, 6.45) is 15.8. The maximum atomic E-state index is 12.6. The molecule has 2 nitrogen and oxygen atoms in total. The number of methoxy groups -OCH3 is 1. The van der Waals surface area contributed by atoms with Crippen LogP contribution < -0.4 is 0 Å². The van der Waals surface area contributed by atoms with E-state index in [-0.39, 0.29) is 5.92 Å². The monoisotopic (exact) mass is 306 g/mol. The molecule has 0 spiro atoms. The summed E-state index contributed by atoms with van der Waals surface area (Å²) in [5.74, 6) is 0.438. The molecule has 22 heavy (non-hydrogen) atoms. The van der Waals surface area contributed by atoms with E-state index in [1.165, 1.54) is 49.7 Å². The number of carbonyl (C=O) groups excluding carboxylic acids is 1. The Morgan fingerprint density at radius 2 is 1.82 bits per heavy atom. The van der Waals surface area contributed by atoms with Crippen LogP contribution >= 0.6 is 0 Å². The van der Waals surface area contributed by atoms with Gasteiger partial charge in [-0.15, -0.1) is 0 Å². The van der Waals surface area contributed by atoms with Crippen LogP contribution in [0.15, 0.2) is 23.3 Å². The number of ketones is 1. The number of Topliss-reactive ketones (excluding diaryl/α,β-unsaturated/α-hetero) is 1. The van der Waals surface area contributed by atoms with Gasteiger partial charge >= 0.3 is 0 Å². The molecule has 0 fully saturated rings. The maximum Gasteiger partial charge on any atom is 0.144 e. The summed E-state index contributed by atoms with van der Waals surface area (Å²) in [5.41, 5.74) is 2.51. The Morgan fingerprint density at radius 1 is 1.14 bits per heavy atom. The smallest absolute Gasteiger partial charge is 0.144 e. The van der Waals surface area contributed by atoms with Crippen molar-refractivity contribution in [2.75, 3.05) is 13.7 Å². The van der Waals surface area contributed by atoms with E-state index in [2.05, 4.69) is 26.0 Å². The van der Waals surface area contributed by atoms with Crippen molar-refractivity contribution in [1.82, 2.24) is 0 Å². The van der Waals surface area contributed by atoms with Gasteiger partial charge in [0.25, 0.3) is 0 Å². The quantitative estimate of drug-likeness (QED) is 0.345. The second kappa shape index (κ2) is 11.6. The lowest BCUT2D eigenvalue weighted by molar-refractivity contribution is -0.121. The third-order valence-electron chi connectivity index (χ3n) is 4.59. The minimum Gasteiger partial charge on any atom is -0.384 e. The van der Waals surface area contributed by atoms with E-state index in [1.807, 2.05) is 0 Å². The number of ether oxygens (including phenoxy) is 1. The molecular formula is C20H34O2. The number of hydrogen-bond donors (Lipinski definition) is 0. The first-order valence-electron chi connectivity index (χ1n) is 9.08. The minimum atomic E-state index is 0.0315. The van der Waals surface area contributed by atoms with Gasteiger partial charge in [0.1, 0.15) is 5.78 Å². The summed E-state index contributed by atoms with van der Waals surface area (Å²) >= 11 is 0. The van der Waals surface area contributed by atoms with Gasteiger partial charge in [-0.2, -0.15) is 0 Å². The van der Waals surface area contributed by atoms with Crippen LogP contribution in [0, 0.1) is 5.92 Å². The third kappa shape index (κ3) is 6.91. The van der Waals surface area contributed by atoms with Crippen LogP contribution in [0.2, 0.25) is 0 Å². The Labute approximate surface area is 137 Å². The number of rotatable bonds is 12. The van der Waals surface area contributed by atoms with E-state index >= 15 is 0 Å². The van der Waals surface area contributed by atoms with Crippen molar-refractivity contribution >= 4 is 5.78 Å². The second-order valence-electron chi connectivity index (χ2n) is 6.48. The number of hydrogen-bond acceptors (Lipinski definition) is 2. The van der Waals surface area contributed by atoms with E-state index in [4.69, 9.17) is 4.74 Å². The van der Waals surface area contributed by atoms with Crippen molar-refractivity contribution in [3.05, 3.63) is 23.3 Å². The molecule has 0 heterocycles. The molecule has 1 atom stereocenters. The van der Waals surface area contributed by atoms with E-state index in [0.717, 1.165) is 25.7 Å². The number of unbranched alkanes of at least 4 members (excludes halogenated alkanes) is 6. The first kappa shape index (κ1) is 19.2. The molecule has 0 amide bonds. The Morgan fingerprint density at radius 3 is 2.50 bits per heavy atom.